The van der Waals surface area contributed by atoms with Gasteiger partial charge in [0.2, 0.25) is 5.95 Å². The fourth-order valence-electron chi connectivity index (χ4n) is 3.17. The van der Waals surface area contributed by atoms with Gasteiger partial charge >= 0.3 is 0 Å². The van der Waals surface area contributed by atoms with Crippen LogP contribution in [-0.4, -0.2) is 28.0 Å². The van der Waals surface area contributed by atoms with Gasteiger partial charge in [0.05, 0.1) is 5.52 Å². The zero-order valence-corrected chi connectivity index (χ0v) is 17.4. The lowest BCUT2D eigenvalue weighted by molar-refractivity contribution is 0.893. The molecule has 0 spiro atoms. The number of para-hydroxylation sites is 1. The third-order valence-corrected chi connectivity index (χ3v) is 4.79. The van der Waals surface area contributed by atoms with Crippen LogP contribution in [-0.2, 0) is 0 Å². The first-order valence-electron chi connectivity index (χ1n) is 9.87. The van der Waals surface area contributed by atoms with E-state index in [1.165, 1.54) is 0 Å². The molecule has 2 aromatic heterocycles. The maximum atomic E-state index is 6.06. The second-order valence-corrected chi connectivity index (χ2v) is 7.37. The van der Waals surface area contributed by atoms with E-state index in [4.69, 9.17) is 11.6 Å². The van der Waals surface area contributed by atoms with E-state index in [0.29, 0.717) is 11.0 Å². The van der Waals surface area contributed by atoms with Gasteiger partial charge in [0.25, 0.3) is 0 Å². The maximum absolute atomic E-state index is 6.06. The summed E-state index contributed by atoms with van der Waals surface area (Å²) in [6.07, 6.45) is 2.71. The van der Waals surface area contributed by atoms with Crippen molar-refractivity contribution in [1.29, 1.82) is 0 Å². The number of anilines is 4. The molecule has 2 heterocycles. The number of pyridine rings is 1. The SMILES string of the molecule is Cc1cc(Nc2ccccc2)nc(NCCCNc2ccnc3cc(Cl)ccc23)n1. The Kier molecular flexibility index (Phi) is 6.25. The lowest BCUT2D eigenvalue weighted by Crippen LogP contribution is -2.12. The van der Waals surface area contributed by atoms with Crippen molar-refractivity contribution in [2.45, 2.75) is 13.3 Å². The van der Waals surface area contributed by atoms with Crippen molar-refractivity contribution in [2.24, 2.45) is 0 Å². The van der Waals surface area contributed by atoms with E-state index in [2.05, 4.69) is 30.9 Å². The highest BCUT2D eigenvalue weighted by Crippen LogP contribution is 2.24. The van der Waals surface area contributed by atoms with Crippen LogP contribution in [0, 0.1) is 6.92 Å². The van der Waals surface area contributed by atoms with Gasteiger partial charge < -0.3 is 16.0 Å². The van der Waals surface area contributed by atoms with Gasteiger partial charge in [-0.3, -0.25) is 4.98 Å². The molecule has 0 bridgehead atoms. The van der Waals surface area contributed by atoms with Crippen LogP contribution in [0.4, 0.5) is 23.1 Å². The van der Waals surface area contributed by atoms with E-state index in [9.17, 15) is 0 Å². The van der Waals surface area contributed by atoms with Crippen LogP contribution in [0.2, 0.25) is 5.02 Å². The number of aromatic nitrogens is 3. The van der Waals surface area contributed by atoms with Gasteiger partial charge in [-0.25, -0.2) is 4.98 Å². The predicted molar refractivity (Wildman–Crippen MR) is 125 cm³/mol. The van der Waals surface area contributed by atoms with Crippen molar-refractivity contribution in [3.63, 3.8) is 0 Å². The van der Waals surface area contributed by atoms with Crippen LogP contribution >= 0.6 is 11.6 Å². The molecule has 0 unspecified atom stereocenters. The number of rotatable bonds is 8. The second-order valence-electron chi connectivity index (χ2n) is 6.94. The minimum absolute atomic E-state index is 0.623. The molecule has 0 aliphatic rings. The van der Waals surface area contributed by atoms with Crippen molar-refractivity contribution in [3.8, 4) is 0 Å². The second kappa shape index (κ2) is 9.41. The van der Waals surface area contributed by atoms with E-state index in [0.717, 1.165) is 53.3 Å². The van der Waals surface area contributed by atoms with Gasteiger partial charge in [0.15, 0.2) is 0 Å². The third-order valence-electron chi connectivity index (χ3n) is 4.56. The summed E-state index contributed by atoms with van der Waals surface area (Å²) in [7, 11) is 0. The minimum Gasteiger partial charge on any atom is -0.384 e. The molecule has 152 valence electrons. The number of aryl methyl sites for hydroxylation is 1. The monoisotopic (exact) mass is 418 g/mol. The van der Waals surface area contributed by atoms with E-state index in [-0.39, 0.29) is 0 Å². The summed E-state index contributed by atoms with van der Waals surface area (Å²) in [5.74, 6) is 1.40. The Hall–Kier alpha value is -3.38. The van der Waals surface area contributed by atoms with E-state index in [1.54, 1.807) is 6.20 Å². The smallest absolute Gasteiger partial charge is 0.224 e. The Balaban J connectivity index is 1.31. The Bertz CT molecular complexity index is 1130. The quantitative estimate of drug-likeness (QED) is 0.321. The minimum atomic E-state index is 0.623. The molecule has 0 aliphatic heterocycles. The summed E-state index contributed by atoms with van der Waals surface area (Å²) < 4.78 is 0. The van der Waals surface area contributed by atoms with Gasteiger partial charge in [0, 0.05) is 52.8 Å². The summed E-state index contributed by atoms with van der Waals surface area (Å²) in [6, 6.07) is 19.6. The van der Waals surface area contributed by atoms with Gasteiger partial charge in [-0.05, 0) is 49.7 Å². The van der Waals surface area contributed by atoms with Gasteiger partial charge in [0.1, 0.15) is 5.82 Å². The molecular weight excluding hydrogens is 396 g/mol. The Morgan fingerprint density at radius 2 is 1.73 bits per heavy atom. The lowest BCUT2D eigenvalue weighted by atomic mass is 10.2. The molecule has 0 amide bonds. The molecule has 3 N–H and O–H groups in total. The van der Waals surface area contributed by atoms with Crippen LogP contribution in [0.5, 0.6) is 0 Å². The largest absolute Gasteiger partial charge is 0.384 e. The number of hydrogen-bond acceptors (Lipinski definition) is 6. The van der Waals surface area contributed by atoms with Crippen molar-refractivity contribution in [1.82, 2.24) is 15.0 Å². The van der Waals surface area contributed by atoms with Crippen LogP contribution in [0.25, 0.3) is 10.9 Å². The Morgan fingerprint density at radius 1 is 0.900 bits per heavy atom. The van der Waals surface area contributed by atoms with E-state index < -0.39 is 0 Å². The molecule has 0 saturated heterocycles. The number of nitrogens with zero attached hydrogens (tertiary/aromatic N) is 3. The molecule has 4 rings (SSSR count). The van der Waals surface area contributed by atoms with Gasteiger partial charge in [-0.1, -0.05) is 29.8 Å². The van der Waals surface area contributed by atoms with Crippen LogP contribution in [0.3, 0.4) is 0 Å². The zero-order chi connectivity index (χ0) is 20.8. The van der Waals surface area contributed by atoms with Crippen LogP contribution in [0.1, 0.15) is 12.1 Å². The summed E-state index contributed by atoms with van der Waals surface area (Å²) in [6.45, 7) is 3.54. The molecule has 0 aliphatic carbocycles. The molecular formula is C23H23ClN6. The highest BCUT2D eigenvalue weighted by atomic mass is 35.5. The molecule has 7 heteroatoms. The number of benzene rings is 2. The number of nitrogens with one attached hydrogen (secondary N) is 3. The average Bonchev–Trinajstić information content (AvgIpc) is 2.73. The van der Waals surface area contributed by atoms with E-state index in [1.807, 2.05) is 67.6 Å². The standard InChI is InChI=1S/C23H23ClN6/c1-16-14-22(29-18-6-3-2-4-7-18)30-23(28-16)27-12-5-11-25-20-10-13-26-21-15-17(24)8-9-19(20)21/h2-4,6-10,13-15H,5,11-12H2,1H3,(H,25,26)(H2,27,28,29,30). The molecule has 0 atom stereocenters. The fourth-order valence-corrected chi connectivity index (χ4v) is 3.33. The number of fused-ring (bicyclic) bond motifs is 1. The van der Waals surface area contributed by atoms with Crippen molar-refractivity contribution >= 4 is 45.6 Å². The fraction of sp³-hybridized carbons (Fsp3) is 0.174. The molecule has 30 heavy (non-hydrogen) atoms. The molecule has 0 saturated carbocycles. The Labute approximate surface area is 180 Å². The number of hydrogen-bond donors (Lipinski definition) is 3. The summed E-state index contributed by atoms with van der Waals surface area (Å²) >= 11 is 6.06. The molecule has 0 fully saturated rings. The molecule has 2 aromatic carbocycles. The third kappa shape index (κ3) is 5.15. The van der Waals surface area contributed by atoms with Gasteiger partial charge in [-0.15, -0.1) is 0 Å². The number of halogens is 1. The average molecular weight is 419 g/mol. The normalized spacial score (nSPS) is 10.7. The van der Waals surface area contributed by atoms with Crippen molar-refractivity contribution in [3.05, 3.63) is 77.6 Å². The summed E-state index contributed by atoms with van der Waals surface area (Å²) in [5.41, 5.74) is 3.85. The maximum Gasteiger partial charge on any atom is 0.224 e. The zero-order valence-electron chi connectivity index (χ0n) is 16.7. The van der Waals surface area contributed by atoms with Crippen LogP contribution in [0.15, 0.2) is 66.9 Å². The topological polar surface area (TPSA) is 74.8 Å². The predicted octanol–water partition coefficient (Wildman–Crippen LogP) is 5.64. The summed E-state index contributed by atoms with van der Waals surface area (Å²) in [4.78, 5) is 13.4. The Morgan fingerprint density at radius 3 is 2.60 bits per heavy atom. The van der Waals surface area contributed by atoms with Crippen molar-refractivity contribution < 1.29 is 0 Å². The van der Waals surface area contributed by atoms with E-state index >= 15 is 0 Å². The molecule has 6 nitrogen and oxygen atoms in total. The first kappa shape index (κ1) is 19.9. The highest BCUT2D eigenvalue weighted by Gasteiger charge is 2.04. The first-order valence-corrected chi connectivity index (χ1v) is 10.2. The summed E-state index contributed by atoms with van der Waals surface area (Å²) in [5, 5.41) is 11.8. The lowest BCUT2D eigenvalue weighted by Gasteiger charge is -2.11. The molecule has 4 aromatic rings. The highest BCUT2D eigenvalue weighted by molar-refractivity contribution is 6.31. The van der Waals surface area contributed by atoms with Gasteiger partial charge in [-0.2, -0.15) is 4.98 Å². The first-order chi connectivity index (χ1) is 14.7. The molecule has 0 radical (unpaired) electrons. The van der Waals surface area contributed by atoms with Crippen molar-refractivity contribution in [2.75, 3.05) is 29.0 Å². The van der Waals surface area contributed by atoms with Crippen LogP contribution < -0.4 is 16.0 Å².